The second-order valence-electron chi connectivity index (χ2n) is 4.75. The summed E-state index contributed by atoms with van der Waals surface area (Å²) in [6, 6.07) is 0.396. The van der Waals surface area contributed by atoms with Crippen LogP contribution in [0.5, 0.6) is 0 Å². The number of aromatic nitrogens is 2. The van der Waals surface area contributed by atoms with E-state index in [1.807, 2.05) is 0 Å². The topological polar surface area (TPSA) is 58.0 Å². The van der Waals surface area contributed by atoms with Gasteiger partial charge in [0.1, 0.15) is 6.33 Å². The van der Waals surface area contributed by atoms with Gasteiger partial charge in [-0.1, -0.05) is 32.5 Å². The summed E-state index contributed by atoms with van der Waals surface area (Å²) in [4.78, 5) is 4.14. The third-order valence-corrected chi connectivity index (χ3v) is 4.82. The van der Waals surface area contributed by atoms with Crippen molar-refractivity contribution < 1.29 is 5.11 Å². The Labute approximate surface area is 118 Å². The van der Waals surface area contributed by atoms with E-state index >= 15 is 0 Å². The van der Waals surface area contributed by atoms with Gasteiger partial charge >= 0.3 is 0 Å². The Balaban J connectivity index is 2.33. The molecule has 6 heteroatoms. The van der Waals surface area contributed by atoms with E-state index in [0.717, 1.165) is 29.4 Å². The molecule has 0 radical (unpaired) electrons. The number of nitrogens with zero attached hydrogens (tertiary/aromatic N) is 2. The summed E-state index contributed by atoms with van der Waals surface area (Å²) in [5.74, 6) is 1.02. The molecule has 0 bridgehead atoms. The first-order valence-electron chi connectivity index (χ1n) is 6.40. The highest BCUT2D eigenvalue weighted by atomic mass is 32.2. The number of nitrogens with one attached hydrogen (secondary N) is 1. The lowest BCUT2D eigenvalue weighted by molar-refractivity contribution is 0.137. The Hall–Kier alpha value is -0.170. The van der Waals surface area contributed by atoms with E-state index in [0.29, 0.717) is 6.04 Å². The Morgan fingerprint density at radius 3 is 2.83 bits per heavy atom. The van der Waals surface area contributed by atoms with Crippen LogP contribution in [-0.2, 0) is 0 Å². The van der Waals surface area contributed by atoms with Crippen LogP contribution in [-0.4, -0.2) is 38.4 Å². The molecule has 1 aromatic rings. The molecule has 1 heterocycles. The van der Waals surface area contributed by atoms with Gasteiger partial charge in [-0.05, 0) is 30.8 Å². The molecule has 1 unspecified atom stereocenters. The molecule has 18 heavy (non-hydrogen) atoms. The maximum Gasteiger partial charge on any atom is 0.169 e. The fraction of sp³-hybridized carbons (Fsp3) is 0.833. The Bertz CT molecular complexity index is 313. The van der Waals surface area contributed by atoms with E-state index in [1.165, 1.54) is 11.5 Å². The van der Waals surface area contributed by atoms with Gasteiger partial charge in [-0.25, -0.2) is 4.98 Å². The number of thioether (sulfide) groups is 1. The van der Waals surface area contributed by atoms with E-state index in [2.05, 4.69) is 35.4 Å². The molecule has 0 aliphatic heterocycles. The minimum Gasteiger partial charge on any atom is -0.394 e. The van der Waals surface area contributed by atoms with E-state index in [1.54, 1.807) is 18.1 Å². The maximum atomic E-state index is 9.62. The molecule has 2 N–H and O–H groups in total. The summed E-state index contributed by atoms with van der Waals surface area (Å²) < 4.78 is 5.00. The minimum absolute atomic E-state index is 0.129. The van der Waals surface area contributed by atoms with Crippen molar-refractivity contribution in [3.8, 4) is 0 Å². The second kappa shape index (κ2) is 8.09. The van der Waals surface area contributed by atoms with Crippen LogP contribution in [0.15, 0.2) is 10.7 Å². The number of aliphatic hydroxyl groups is 1. The van der Waals surface area contributed by atoms with Crippen LogP contribution in [0.2, 0.25) is 0 Å². The molecule has 1 aromatic heterocycles. The first-order chi connectivity index (χ1) is 8.62. The number of hydrogen-bond acceptors (Lipinski definition) is 6. The summed E-state index contributed by atoms with van der Waals surface area (Å²) in [5, 5.41) is 13.1. The summed E-state index contributed by atoms with van der Waals surface area (Å²) in [6.07, 6.45) is 4.60. The van der Waals surface area contributed by atoms with E-state index in [4.69, 9.17) is 0 Å². The van der Waals surface area contributed by atoms with Crippen LogP contribution in [0.1, 0.15) is 40.0 Å². The average molecular weight is 289 g/mol. The van der Waals surface area contributed by atoms with E-state index in [9.17, 15) is 5.11 Å². The van der Waals surface area contributed by atoms with Crippen LogP contribution in [0.3, 0.4) is 0 Å². The monoisotopic (exact) mass is 289 g/mol. The zero-order valence-electron chi connectivity index (χ0n) is 11.3. The molecule has 0 spiro atoms. The Morgan fingerprint density at radius 2 is 2.33 bits per heavy atom. The molecule has 4 nitrogen and oxygen atoms in total. The third kappa shape index (κ3) is 5.22. The third-order valence-electron chi connectivity index (χ3n) is 2.94. The SMILES string of the molecule is CCC(CO)(CCCSc1ncns1)NC(C)C. The molecule has 0 saturated heterocycles. The summed E-state index contributed by atoms with van der Waals surface area (Å²) in [5.41, 5.74) is -0.129. The van der Waals surface area contributed by atoms with Gasteiger partial charge in [0.2, 0.25) is 0 Å². The second-order valence-corrected chi connectivity index (χ2v) is 6.87. The van der Waals surface area contributed by atoms with Crippen molar-refractivity contribution in [2.24, 2.45) is 0 Å². The molecule has 0 aromatic carbocycles. The van der Waals surface area contributed by atoms with Crippen molar-refractivity contribution in [2.45, 2.75) is 56.0 Å². The zero-order chi connectivity index (χ0) is 13.4. The molecule has 0 aliphatic rings. The van der Waals surface area contributed by atoms with Crippen LogP contribution in [0.4, 0.5) is 0 Å². The quantitative estimate of drug-likeness (QED) is 0.540. The van der Waals surface area contributed by atoms with E-state index in [-0.39, 0.29) is 12.1 Å². The molecule has 1 atom stereocenters. The zero-order valence-corrected chi connectivity index (χ0v) is 13.0. The minimum atomic E-state index is -0.129. The molecular weight excluding hydrogens is 266 g/mol. The van der Waals surface area contributed by atoms with Crippen LogP contribution < -0.4 is 5.32 Å². The van der Waals surface area contributed by atoms with Gasteiger partial charge in [-0.2, -0.15) is 4.37 Å². The van der Waals surface area contributed by atoms with E-state index < -0.39 is 0 Å². The lowest BCUT2D eigenvalue weighted by Gasteiger charge is -2.34. The highest BCUT2D eigenvalue weighted by Gasteiger charge is 2.27. The largest absolute Gasteiger partial charge is 0.394 e. The molecule has 1 rings (SSSR count). The number of hydrogen-bond donors (Lipinski definition) is 2. The molecule has 0 fully saturated rings. The number of rotatable bonds is 9. The van der Waals surface area contributed by atoms with Crippen molar-refractivity contribution in [1.82, 2.24) is 14.7 Å². The lowest BCUT2D eigenvalue weighted by atomic mass is 9.91. The molecule has 104 valence electrons. The Morgan fingerprint density at radius 1 is 1.56 bits per heavy atom. The molecule has 0 aliphatic carbocycles. The fourth-order valence-electron chi connectivity index (χ4n) is 2.00. The van der Waals surface area contributed by atoms with Gasteiger partial charge < -0.3 is 10.4 Å². The fourth-order valence-corrected chi connectivity index (χ4v) is 3.45. The number of aliphatic hydroxyl groups excluding tert-OH is 1. The molecular formula is C12H23N3OS2. The maximum absolute atomic E-state index is 9.62. The van der Waals surface area contributed by atoms with Crippen molar-refractivity contribution in [3.63, 3.8) is 0 Å². The first-order valence-corrected chi connectivity index (χ1v) is 8.16. The summed E-state index contributed by atoms with van der Waals surface area (Å²) in [7, 11) is 0. The predicted molar refractivity (Wildman–Crippen MR) is 78.2 cm³/mol. The Kier molecular flexibility index (Phi) is 7.14. The first kappa shape index (κ1) is 15.9. The van der Waals surface area contributed by atoms with Gasteiger partial charge in [0.25, 0.3) is 0 Å². The summed E-state index contributed by atoms with van der Waals surface area (Å²) in [6.45, 7) is 6.57. The molecule has 0 saturated carbocycles. The lowest BCUT2D eigenvalue weighted by Crippen LogP contribution is -2.51. The van der Waals surface area contributed by atoms with Gasteiger partial charge in [-0.3, -0.25) is 0 Å². The predicted octanol–water partition coefficient (Wildman–Crippen LogP) is 2.55. The van der Waals surface area contributed by atoms with Crippen molar-refractivity contribution in [3.05, 3.63) is 6.33 Å². The van der Waals surface area contributed by atoms with Gasteiger partial charge in [-0.15, -0.1) is 0 Å². The van der Waals surface area contributed by atoms with Gasteiger partial charge in [0, 0.05) is 17.3 Å². The van der Waals surface area contributed by atoms with Crippen LogP contribution in [0.25, 0.3) is 0 Å². The van der Waals surface area contributed by atoms with Crippen molar-refractivity contribution >= 4 is 23.3 Å². The van der Waals surface area contributed by atoms with Crippen molar-refractivity contribution in [1.29, 1.82) is 0 Å². The van der Waals surface area contributed by atoms with Gasteiger partial charge in [0.15, 0.2) is 4.34 Å². The summed E-state index contributed by atoms with van der Waals surface area (Å²) >= 11 is 3.18. The average Bonchev–Trinajstić information content (AvgIpc) is 2.85. The van der Waals surface area contributed by atoms with Gasteiger partial charge in [0.05, 0.1) is 6.61 Å². The molecule has 0 amide bonds. The smallest absolute Gasteiger partial charge is 0.169 e. The van der Waals surface area contributed by atoms with Crippen molar-refractivity contribution in [2.75, 3.05) is 12.4 Å². The highest BCUT2D eigenvalue weighted by molar-refractivity contribution is 8.00. The normalized spacial score (nSPS) is 14.9. The standard InChI is InChI=1S/C12H23N3OS2/c1-4-12(8-16,15-10(2)3)6-5-7-17-11-13-9-14-18-11/h9-10,15-16H,4-8H2,1-3H3. The van der Waals surface area contributed by atoms with Crippen LogP contribution in [0, 0.1) is 0 Å². The van der Waals surface area contributed by atoms with Crippen LogP contribution >= 0.6 is 23.3 Å². The highest BCUT2D eigenvalue weighted by Crippen LogP contribution is 2.23.